The summed E-state index contributed by atoms with van der Waals surface area (Å²) in [6.07, 6.45) is 10.3. The first kappa shape index (κ1) is 13.3. The molecular weight excluding hydrogens is 220 g/mol. The molecule has 1 fully saturated rings. The lowest BCUT2D eigenvalue weighted by atomic mass is 10.1. The van der Waals surface area contributed by atoms with E-state index in [0.717, 1.165) is 31.8 Å². The highest BCUT2D eigenvalue weighted by atomic mass is 14.9. The molecule has 1 aliphatic rings. The zero-order valence-electron chi connectivity index (χ0n) is 11.6. The summed E-state index contributed by atoms with van der Waals surface area (Å²) in [6.45, 7) is 5.48. The molecule has 1 saturated carbocycles. The Morgan fingerprint density at radius 2 is 2.28 bits per heavy atom. The van der Waals surface area contributed by atoms with Crippen molar-refractivity contribution in [2.24, 2.45) is 0 Å². The van der Waals surface area contributed by atoms with Gasteiger partial charge in [0.15, 0.2) is 0 Å². The van der Waals surface area contributed by atoms with Crippen molar-refractivity contribution in [3.8, 4) is 0 Å². The van der Waals surface area contributed by atoms with E-state index in [9.17, 15) is 0 Å². The van der Waals surface area contributed by atoms with E-state index < -0.39 is 0 Å². The lowest BCUT2D eigenvalue weighted by Gasteiger charge is -2.03. The number of aryl methyl sites for hydroxylation is 1. The smallest absolute Gasteiger partial charge is 0.0444 e. The summed E-state index contributed by atoms with van der Waals surface area (Å²) in [4.78, 5) is 4.50. The maximum Gasteiger partial charge on any atom is 0.0444 e. The van der Waals surface area contributed by atoms with Gasteiger partial charge in [-0.25, -0.2) is 0 Å². The molecule has 1 aromatic heterocycles. The first-order valence-electron chi connectivity index (χ1n) is 7.10. The lowest BCUT2D eigenvalue weighted by molar-refractivity contribution is 0.688. The molecule has 0 unspecified atom stereocenters. The Kier molecular flexibility index (Phi) is 4.94. The third-order valence-electron chi connectivity index (χ3n) is 3.40. The van der Waals surface area contributed by atoms with Crippen LogP contribution in [0.3, 0.4) is 0 Å². The molecule has 0 spiro atoms. The maximum atomic E-state index is 4.50. The topological polar surface area (TPSA) is 24.9 Å². The minimum absolute atomic E-state index is 0.821. The zero-order valence-corrected chi connectivity index (χ0v) is 11.6. The van der Waals surface area contributed by atoms with E-state index in [-0.39, 0.29) is 0 Å². The summed E-state index contributed by atoms with van der Waals surface area (Å²) in [5, 5.41) is 3.53. The van der Waals surface area contributed by atoms with Crippen LogP contribution in [0.25, 0.3) is 0 Å². The van der Waals surface area contributed by atoms with Gasteiger partial charge in [-0.05, 0) is 50.8 Å². The molecule has 2 rings (SSSR count). The van der Waals surface area contributed by atoms with Crippen LogP contribution in [0.2, 0.25) is 0 Å². The fourth-order valence-electron chi connectivity index (χ4n) is 2.02. The maximum absolute atomic E-state index is 4.50. The molecule has 0 saturated heterocycles. The van der Waals surface area contributed by atoms with Crippen LogP contribution < -0.4 is 5.32 Å². The molecule has 1 aliphatic carbocycles. The van der Waals surface area contributed by atoms with Gasteiger partial charge < -0.3 is 5.32 Å². The number of rotatable bonds is 7. The number of hydrogen-bond donors (Lipinski definition) is 1. The lowest BCUT2D eigenvalue weighted by Crippen LogP contribution is -2.16. The van der Waals surface area contributed by atoms with Gasteiger partial charge in [-0.1, -0.05) is 24.6 Å². The highest BCUT2D eigenvalue weighted by Crippen LogP contribution is 2.18. The predicted molar refractivity (Wildman–Crippen MR) is 76.7 cm³/mol. The van der Waals surface area contributed by atoms with E-state index in [4.69, 9.17) is 0 Å². The monoisotopic (exact) mass is 244 g/mol. The number of aromatic nitrogens is 1. The molecule has 18 heavy (non-hydrogen) atoms. The van der Waals surface area contributed by atoms with Gasteiger partial charge >= 0.3 is 0 Å². The summed E-state index contributed by atoms with van der Waals surface area (Å²) in [7, 11) is 0. The summed E-state index contributed by atoms with van der Waals surface area (Å²) in [6, 6.07) is 5.16. The van der Waals surface area contributed by atoms with E-state index in [0.29, 0.717) is 0 Å². The third-order valence-corrected chi connectivity index (χ3v) is 3.40. The Bertz CT molecular complexity index is 388. The predicted octanol–water partition coefficient (Wildman–Crippen LogP) is 3.27. The van der Waals surface area contributed by atoms with E-state index >= 15 is 0 Å². The molecule has 2 nitrogen and oxygen atoms in total. The average Bonchev–Trinajstić information content (AvgIpc) is 3.20. The standard InChI is InChI=1S/C16H24N2/c1-3-14-6-7-16(18-12-14)11-13(2)5-4-10-17-15-8-9-15/h5-7,12,15,17H,3-4,8-11H2,1-2H3. The molecule has 1 aromatic rings. The molecule has 2 heteroatoms. The second-order valence-corrected chi connectivity index (χ2v) is 5.26. The SMILES string of the molecule is CCc1ccc(CC(C)=CCCNC2CC2)nc1. The van der Waals surface area contributed by atoms with E-state index in [1.54, 1.807) is 0 Å². The van der Waals surface area contributed by atoms with Crippen molar-refractivity contribution >= 4 is 0 Å². The van der Waals surface area contributed by atoms with Gasteiger partial charge in [0.05, 0.1) is 0 Å². The Morgan fingerprint density at radius 3 is 2.89 bits per heavy atom. The molecule has 1 heterocycles. The van der Waals surface area contributed by atoms with E-state index in [2.05, 4.69) is 42.4 Å². The van der Waals surface area contributed by atoms with Gasteiger partial charge in [-0.3, -0.25) is 4.98 Å². The van der Waals surface area contributed by atoms with Crippen LogP contribution in [0.1, 0.15) is 44.4 Å². The fraction of sp³-hybridized carbons (Fsp3) is 0.562. The third kappa shape index (κ3) is 4.61. The second-order valence-electron chi connectivity index (χ2n) is 5.26. The summed E-state index contributed by atoms with van der Waals surface area (Å²) in [5.74, 6) is 0. The van der Waals surface area contributed by atoms with Crippen LogP contribution in [-0.4, -0.2) is 17.6 Å². The average molecular weight is 244 g/mol. The van der Waals surface area contributed by atoms with Crippen molar-refractivity contribution in [3.63, 3.8) is 0 Å². The van der Waals surface area contributed by atoms with E-state index in [1.165, 1.54) is 29.7 Å². The Hall–Kier alpha value is -1.15. The first-order valence-corrected chi connectivity index (χ1v) is 7.10. The molecule has 0 bridgehead atoms. The van der Waals surface area contributed by atoms with Gasteiger partial charge in [0.2, 0.25) is 0 Å². The zero-order chi connectivity index (χ0) is 12.8. The van der Waals surface area contributed by atoms with E-state index in [1.807, 2.05) is 6.20 Å². The van der Waals surface area contributed by atoms with Crippen LogP contribution in [0, 0.1) is 0 Å². The summed E-state index contributed by atoms with van der Waals surface area (Å²) in [5.41, 5.74) is 3.91. The van der Waals surface area contributed by atoms with Gasteiger partial charge in [0.1, 0.15) is 0 Å². The van der Waals surface area contributed by atoms with Crippen molar-refractivity contribution in [2.75, 3.05) is 6.54 Å². The van der Waals surface area contributed by atoms with Gasteiger partial charge in [0.25, 0.3) is 0 Å². The summed E-state index contributed by atoms with van der Waals surface area (Å²) < 4.78 is 0. The molecule has 1 N–H and O–H groups in total. The van der Waals surface area contributed by atoms with Crippen LogP contribution >= 0.6 is 0 Å². The Labute approximate surface area is 111 Å². The molecule has 98 valence electrons. The number of pyridine rings is 1. The first-order chi connectivity index (χ1) is 8.78. The molecule has 0 atom stereocenters. The number of nitrogens with one attached hydrogen (secondary N) is 1. The number of nitrogens with zero attached hydrogens (tertiary/aromatic N) is 1. The van der Waals surface area contributed by atoms with Crippen molar-refractivity contribution in [2.45, 2.75) is 52.0 Å². The van der Waals surface area contributed by atoms with Crippen LogP contribution in [0.5, 0.6) is 0 Å². The minimum atomic E-state index is 0.821. The summed E-state index contributed by atoms with van der Waals surface area (Å²) >= 11 is 0. The highest BCUT2D eigenvalue weighted by molar-refractivity contribution is 5.18. The van der Waals surface area contributed by atoms with Gasteiger partial charge in [-0.2, -0.15) is 0 Å². The quantitative estimate of drug-likeness (QED) is 0.588. The van der Waals surface area contributed by atoms with Crippen molar-refractivity contribution in [3.05, 3.63) is 41.2 Å². The van der Waals surface area contributed by atoms with Crippen LogP contribution in [-0.2, 0) is 12.8 Å². The van der Waals surface area contributed by atoms with Crippen LogP contribution in [0.4, 0.5) is 0 Å². The van der Waals surface area contributed by atoms with Crippen molar-refractivity contribution in [1.82, 2.24) is 10.3 Å². The van der Waals surface area contributed by atoms with Gasteiger partial charge in [0, 0.05) is 24.4 Å². The fourth-order valence-corrected chi connectivity index (χ4v) is 2.02. The minimum Gasteiger partial charge on any atom is -0.314 e. The number of hydrogen-bond acceptors (Lipinski definition) is 2. The Balaban J connectivity index is 1.73. The van der Waals surface area contributed by atoms with Gasteiger partial charge in [-0.15, -0.1) is 0 Å². The number of allylic oxidation sites excluding steroid dienone is 1. The molecule has 0 aliphatic heterocycles. The molecule has 0 radical (unpaired) electrons. The highest BCUT2D eigenvalue weighted by Gasteiger charge is 2.19. The Morgan fingerprint density at radius 1 is 1.44 bits per heavy atom. The molecule has 0 aromatic carbocycles. The normalized spacial score (nSPS) is 16.0. The molecule has 0 amide bonds. The van der Waals surface area contributed by atoms with Crippen molar-refractivity contribution in [1.29, 1.82) is 0 Å². The van der Waals surface area contributed by atoms with Crippen molar-refractivity contribution < 1.29 is 0 Å². The molecular formula is C16H24N2. The van der Waals surface area contributed by atoms with Crippen LogP contribution in [0.15, 0.2) is 30.0 Å². The largest absolute Gasteiger partial charge is 0.314 e. The second kappa shape index (κ2) is 6.69.